The minimum absolute atomic E-state index is 0.271. The molecule has 2 heterocycles. The van der Waals surface area contributed by atoms with Crippen LogP contribution in [0, 0.1) is 0 Å². The second-order valence-electron chi connectivity index (χ2n) is 7.33. The number of hydrogen-bond acceptors (Lipinski definition) is 6. The van der Waals surface area contributed by atoms with E-state index in [1.807, 2.05) is 12.1 Å². The van der Waals surface area contributed by atoms with Gasteiger partial charge in [-0.1, -0.05) is 31.1 Å². The van der Waals surface area contributed by atoms with Gasteiger partial charge in [-0.3, -0.25) is 4.99 Å². The third kappa shape index (κ3) is 5.40. The highest BCUT2D eigenvalue weighted by Crippen LogP contribution is 2.28. The van der Waals surface area contributed by atoms with Gasteiger partial charge in [-0.25, -0.2) is 0 Å². The maximum Gasteiger partial charge on any atom is 0.228 e. The highest BCUT2D eigenvalue weighted by molar-refractivity contribution is 5.80. The van der Waals surface area contributed by atoms with Gasteiger partial charge in [0.1, 0.15) is 5.75 Å². The summed E-state index contributed by atoms with van der Waals surface area (Å²) >= 11 is 0. The molecule has 1 aliphatic heterocycles. The number of rotatable bonds is 7. The van der Waals surface area contributed by atoms with Crippen LogP contribution < -0.4 is 15.0 Å². The van der Waals surface area contributed by atoms with Gasteiger partial charge in [-0.15, -0.1) is 0 Å². The summed E-state index contributed by atoms with van der Waals surface area (Å²) in [5.74, 6) is 3.53. The van der Waals surface area contributed by atoms with Crippen molar-refractivity contribution in [3.8, 4) is 5.75 Å². The number of anilines is 1. The van der Waals surface area contributed by atoms with Crippen LogP contribution in [0.2, 0.25) is 0 Å². The molecule has 158 valence electrons. The molecule has 0 radical (unpaired) electrons. The lowest BCUT2D eigenvalue weighted by Gasteiger charge is -2.38. The molecule has 0 aliphatic carbocycles. The summed E-state index contributed by atoms with van der Waals surface area (Å²) in [5, 5.41) is 7.42. The van der Waals surface area contributed by atoms with Gasteiger partial charge in [-0.2, -0.15) is 4.98 Å². The van der Waals surface area contributed by atoms with Gasteiger partial charge in [0.15, 0.2) is 11.8 Å². The maximum atomic E-state index is 5.51. The fraction of sp³-hybridized carbons (Fsp3) is 0.571. The fourth-order valence-corrected chi connectivity index (χ4v) is 3.34. The zero-order valence-electron chi connectivity index (χ0n) is 17.9. The lowest BCUT2D eigenvalue weighted by Crippen LogP contribution is -2.52. The Labute approximate surface area is 172 Å². The summed E-state index contributed by atoms with van der Waals surface area (Å²) in [4.78, 5) is 13.9. The molecule has 0 unspecified atom stereocenters. The Morgan fingerprint density at radius 3 is 2.66 bits per heavy atom. The molecule has 8 heteroatoms. The van der Waals surface area contributed by atoms with Crippen molar-refractivity contribution in [1.29, 1.82) is 0 Å². The van der Waals surface area contributed by atoms with E-state index in [4.69, 9.17) is 14.3 Å². The number of guanidine groups is 1. The zero-order chi connectivity index (χ0) is 20.6. The minimum Gasteiger partial charge on any atom is -0.495 e. The van der Waals surface area contributed by atoms with E-state index < -0.39 is 0 Å². The summed E-state index contributed by atoms with van der Waals surface area (Å²) in [6.45, 7) is 11.3. The number of ether oxygens (including phenoxy) is 1. The van der Waals surface area contributed by atoms with E-state index in [9.17, 15) is 0 Å². The highest BCUT2D eigenvalue weighted by Gasteiger charge is 2.21. The van der Waals surface area contributed by atoms with Crippen molar-refractivity contribution in [3.05, 3.63) is 36.0 Å². The predicted octanol–water partition coefficient (Wildman–Crippen LogP) is 2.53. The van der Waals surface area contributed by atoms with Gasteiger partial charge in [-0.05, 0) is 19.1 Å². The van der Waals surface area contributed by atoms with Crippen molar-refractivity contribution in [2.75, 3.05) is 51.3 Å². The Morgan fingerprint density at radius 1 is 1.24 bits per heavy atom. The molecule has 0 bridgehead atoms. The van der Waals surface area contributed by atoms with Crippen molar-refractivity contribution in [2.45, 2.75) is 33.1 Å². The van der Waals surface area contributed by atoms with E-state index in [1.165, 1.54) is 0 Å². The average Bonchev–Trinajstić information content (AvgIpc) is 3.22. The van der Waals surface area contributed by atoms with Gasteiger partial charge < -0.3 is 24.4 Å². The Bertz CT molecular complexity index is 796. The summed E-state index contributed by atoms with van der Waals surface area (Å²) < 4.78 is 10.8. The molecule has 1 saturated heterocycles. The smallest absolute Gasteiger partial charge is 0.228 e. The average molecular weight is 401 g/mol. The number of aromatic nitrogens is 2. The molecular formula is C21H32N6O2. The summed E-state index contributed by atoms with van der Waals surface area (Å²) in [6, 6.07) is 8.18. The van der Waals surface area contributed by atoms with Gasteiger partial charge in [0.25, 0.3) is 0 Å². The Kier molecular flexibility index (Phi) is 7.32. The Hall–Kier alpha value is -2.77. The second kappa shape index (κ2) is 10.1. The Balaban J connectivity index is 1.57. The van der Waals surface area contributed by atoms with E-state index in [-0.39, 0.29) is 5.92 Å². The Morgan fingerprint density at radius 2 is 2.00 bits per heavy atom. The maximum absolute atomic E-state index is 5.51. The molecule has 0 spiro atoms. The van der Waals surface area contributed by atoms with Crippen molar-refractivity contribution in [3.63, 3.8) is 0 Å². The third-order valence-corrected chi connectivity index (χ3v) is 4.93. The van der Waals surface area contributed by atoms with Crippen molar-refractivity contribution >= 4 is 11.6 Å². The van der Waals surface area contributed by atoms with E-state index in [2.05, 4.69) is 58.2 Å². The number of methoxy groups -OCH3 is 1. The molecule has 0 atom stereocenters. The van der Waals surface area contributed by atoms with E-state index >= 15 is 0 Å². The number of aliphatic imine (C=N–C) groups is 1. The number of para-hydroxylation sites is 2. The molecule has 1 fully saturated rings. The molecular weight excluding hydrogens is 368 g/mol. The lowest BCUT2D eigenvalue weighted by molar-refractivity contribution is 0.364. The monoisotopic (exact) mass is 400 g/mol. The lowest BCUT2D eigenvalue weighted by atomic mass is 10.2. The number of nitrogens with zero attached hydrogens (tertiary/aromatic N) is 5. The van der Waals surface area contributed by atoms with Crippen LogP contribution in [-0.2, 0) is 6.42 Å². The molecule has 0 saturated carbocycles. The number of hydrogen-bond donors (Lipinski definition) is 1. The van der Waals surface area contributed by atoms with Gasteiger partial charge in [0.2, 0.25) is 5.89 Å². The van der Waals surface area contributed by atoms with Crippen molar-refractivity contribution < 1.29 is 9.26 Å². The van der Waals surface area contributed by atoms with E-state index in [0.29, 0.717) is 18.9 Å². The highest BCUT2D eigenvalue weighted by atomic mass is 16.5. The third-order valence-electron chi connectivity index (χ3n) is 4.93. The molecule has 1 aromatic heterocycles. The number of nitrogens with one attached hydrogen (secondary N) is 1. The van der Waals surface area contributed by atoms with Crippen LogP contribution in [-0.4, -0.2) is 67.4 Å². The standard InChI is InChI=1S/C21H32N6O2/c1-5-22-21(23-11-10-19-24-20(16(2)3)25-29-19)27-14-12-26(13-15-27)17-8-6-7-9-18(17)28-4/h6-9,16H,5,10-15H2,1-4H3,(H,22,23). The van der Waals surface area contributed by atoms with E-state index in [0.717, 1.165) is 55.9 Å². The first-order valence-electron chi connectivity index (χ1n) is 10.4. The molecule has 8 nitrogen and oxygen atoms in total. The first kappa shape index (κ1) is 21.0. The van der Waals surface area contributed by atoms with Crippen LogP contribution in [0.25, 0.3) is 0 Å². The molecule has 1 N–H and O–H groups in total. The molecule has 1 aromatic carbocycles. The number of piperazine rings is 1. The molecule has 3 rings (SSSR count). The van der Waals surface area contributed by atoms with Crippen LogP contribution >= 0.6 is 0 Å². The van der Waals surface area contributed by atoms with Crippen molar-refractivity contribution in [1.82, 2.24) is 20.4 Å². The van der Waals surface area contributed by atoms with Crippen LogP contribution in [0.1, 0.15) is 38.4 Å². The van der Waals surface area contributed by atoms with Crippen LogP contribution in [0.4, 0.5) is 5.69 Å². The summed E-state index contributed by atoms with van der Waals surface area (Å²) in [6.07, 6.45) is 0.649. The first-order valence-corrected chi connectivity index (χ1v) is 10.4. The van der Waals surface area contributed by atoms with Gasteiger partial charge in [0, 0.05) is 45.1 Å². The van der Waals surface area contributed by atoms with Gasteiger partial charge in [0.05, 0.1) is 19.3 Å². The molecule has 29 heavy (non-hydrogen) atoms. The predicted molar refractivity (Wildman–Crippen MR) is 115 cm³/mol. The normalized spacial score (nSPS) is 15.1. The van der Waals surface area contributed by atoms with Crippen LogP contribution in [0.15, 0.2) is 33.8 Å². The summed E-state index contributed by atoms with van der Waals surface area (Å²) in [7, 11) is 1.72. The first-order chi connectivity index (χ1) is 14.1. The molecule has 2 aromatic rings. The van der Waals surface area contributed by atoms with E-state index in [1.54, 1.807) is 7.11 Å². The molecule has 0 amide bonds. The summed E-state index contributed by atoms with van der Waals surface area (Å²) in [5.41, 5.74) is 1.15. The number of benzene rings is 1. The van der Waals surface area contributed by atoms with Crippen molar-refractivity contribution in [2.24, 2.45) is 4.99 Å². The topological polar surface area (TPSA) is 79.0 Å². The SMILES string of the molecule is CCNC(=NCCc1nc(C(C)C)no1)N1CCN(c2ccccc2OC)CC1. The fourth-order valence-electron chi connectivity index (χ4n) is 3.34. The minimum atomic E-state index is 0.271. The zero-order valence-corrected chi connectivity index (χ0v) is 17.9. The van der Waals surface area contributed by atoms with Crippen LogP contribution in [0.5, 0.6) is 5.75 Å². The molecule has 1 aliphatic rings. The largest absolute Gasteiger partial charge is 0.495 e. The van der Waals surface area contributed by atoms with Crippen LogP contribution in [0.3, 0.4) is 0 Å². The van der Waals surface area contributed by atoms with Gasteiger partial charge >= 0.3 is 0 Å². The second-order valence-corrected chi connectivity index (χ2v) is 7.33. The quantitative estimate of drug-likeness (QED) is 0.565.